The highest BCUT2D eigenvalue weighted by Gasteiger charge is 2.20. The number of thiazole rings is 1. The lowest BCUT2D eigenvalue weighted by atomic mass is 10.1. The maximum atomic E-state index is 4.44. The number of piperidine rings is 1. The van der Waals surface area contributed by atoms with Crippen molar-refractivity contribution >= 4 is 47.1 Å². The molecule has 0 radical (unpaired) electrons. The van der Waals surface area contributed by atoms with Gasteiger partial charge < -0.3 is 15.5 Å². The van der Waals surface area contributed by atoms with E-state index in [-0.39, 0.29) is 24.0 Å². The minimum Gasteiger partial charge on any atom is -0.356 e. The van der Waals surface area contributed by atoms with Gasteiger partial charge in [-0.05, 0) is 31.4 Å². The molecule has 2 N–H and O–H groups in total. The van der Waals surface area contributed by atoms with Gasteiger partial charge in [0.2, 0.25) is 0 Å². The van der Waals surface area contributed by atoms with Crippen LogP contribution in [0.25, 0.3) is 0 Å². The lowest BCUT2D eigenvalue weighted by Crippen LogP contribution is -2.48. The van der Waals surface area contributed by atoms with E-state index in [1.165, 1.54) is 4.88 Å². The van der Waals surface area contributed by atoms with Gasteiger partial charge in [0.1, 0.15) is 10.8 Å². The first-order valence-corrected chi connectivity index (χ1v) is 9.67. The Labute approximate surface area is 176 Å². The minimum absolute atomic E-state index is 0. The number of aliphatic imine (C=N–C) groups is 1. The number of guanidine groups is 1. The number of nitrogens with one attached hydrogen (secondary N) is 2. The molecule has 8 heteroatoms. The Morgan fingerprint density at radius 3 is 2.73 bits per heavy atom. The van der Waals surface area contributed by atoms with Crippen LogP contribution in [-0.4, -0.2) is 42.1 Å². The Morgan fingerprint density at radius 2 is 2.12 bits per heavy atom. The maximum Gasteiger partial charge on any atom is 0.191 e. The van der Waals surface area contributed by atoms with Gasteiger partial charge in [-0.3, -0.25) is 4.99 Å². The molecule has 1 saturated heterocycles. The first kappa shape index (κ1) is 20.9. The van der Waals surface area contributed by atoms with Crippen LogP contribution in [0.1, 0.15) is 29.7 Å². The molecule has 1 fully saturated rings. The minimum atomic E-state index is 0. The van der Waals surface area contributed by atoms with Crippen LogP contribution in [-0.2, 0) is 13.0 Å². The maximum absolute atomic E-state index is 4.44. The van der Waals surface area contributed by atoms with Crippen molar-refractivity contribution in [1.82, 2.24) is 20.6 Å². The zero-order valence-corrected chi connectivity index (χ0v) is 18.5. The standard InChI is InChI=1S/C18H26N6S.HI/c1-3-15-12-21-17(25-15)13-22-18(19-2)23-14-7-10-24(11-8-14)16-6-4-5-9-20-16;/h4-6,9,12,14H,3,7-8,10-11,13H2,1-2H3,(H2,19,22,23);1H. The molecule has 0 aromatic carbocycles. The Bertz CT molecular complexity index is 682. The molecule has 0 spiro atoms. The Morgan fingerprint density at radius 1 is 1.31 bits per heavy atom. The van der Waals surface area contributed by atoms with Gasteiger partial charge in [-0.1, -0.05) is 13.0 Å². The van der Waals surface area contributed by atoms with Crippen molar-refractivity contribution in [2.45, 2.75) is 38.8 Å². The normalized spacial score (nSPS) is 15.5. The first-order valence-electron chi connectivity index (χ1n) is 8.85. The smallest absolute Gasteiger partial charge is 0.191 e. The quantitative estimate of drug-likeness (QED) is 0.387. The van der Waals surface area contributed by atoms with Crippen LogP contribution in [0.5, 0.6) is 0 Å². The highest BCUT2D eigenvalue weighted by Crippen LogP contribution is 2.17. The summed E-state index contributed by atoms with van der Waals surface area (Å²) in [5, 5.41) is 8.01. The number of nitrogens with zero attached hydrogens (tertiary/aromatic N) is 4. The van der Waals surface area contributed by atoms with Gasteiger partial charge in [0.25, 0.3) is 0 Å². The van der Waals surface area contributed by atoms with Crippen LogP contribution >= 0.6 is 35.3 Å². The fourth-order valence-corrected chi connectivity index (χ4v) is 3.74. The molecule has 6 nitrogen and oxygen atoms in total. The van der Waals surface area contributed by atoms with E-state index in [1.54, 1.807) is 11.3 Å². The molecule has 0 amide bonds. The third-order valence-corrected chi connectivity index (χ3v) is 5.53. The van der Waals surface area contributed by atoms with E-state index in [4.69, 9.17) is 0 Å². The third-order valence-electron chi connectivity index (χ3n) is 4.39. The van der Waals surface area contributed by atoms with Crippen LogP contribution in [0.15, 0.2) is 35.6 Å². The number of aryl methyl sites for hydroxylation is 1. The van der Waals surface area contributed by atoms with Crippen molar-refractivity contribution in [3.8, 4) is 0 Å². The van der Waals surface area contributed by atoms with Crippen molar-refractivity contribution in [2.24, 2.45) is 4.99 Å². The van der Waals surface area contributed by atoms with E-state index >= 15 is 0 Å². The fourth-order valence-electron chi connectivity index (χ4n) is 2.93. The summed E-state index contributed by atoms with van der Waals surface area (Å²) in [6.45, 7) is 4.90. The second-order valence-electron chi connectivity index (χ2n) is 6.09. The molecular weight excluding hydrogens is 459 g/mol. The summed E-state index contributed by atoms with van der Waals surface area (Å²) in [5.41, 5.74) is 0. The first-order chi connectivity index (χ1) is 12.3. The lowest BCUT2D eigenvalue weighted by Gasteiger charge is -2.33. The van der Waals surface area contributed by atoms with E-state index in [0.717, 1.165) is 55.7 Å². The van der Waals surface area contributed by atoms with E-state index in [2.05, 4.69) is 43.5 Å². The Hall–Kier alpha value is -1.42. The Kier molecular flexibility index (Phi) is 8.56. The molecule has 0 atom stereocenters. The van der Waals surface area contributed by atoms with Gasteiger partial charge in [0, 0.05) is 43.4 Å². The number of pyridine rings is 1. The van der Waals surface area contributed by atoms with Crippen molar-refractivity contribution < 1.29 is 0 Å². The SMILES string of the molecule is CCc1cnc(CNC(=NC)NC2CCN(c3ccccn3)CC2)s1.I. The van der Waals surface area contributed by atoms with Crippen molar-refractivity contribution in [3.63, 3.8) is 0 Å². The van der Waals surface area contributed by atoms with Crippen molar-refractivity contribution in [1.29, 1.82) is 0 Å². The summed E-state index contributed by atoms with van der Waals surface area (Å²) < 4.78 is 0. The molecule has 2 aromatic heterocycles. The van der Waals surface area contributed by atoms with Crippen molar-refractivity contribution in [2.75, 3.05) is 25.0 Å². The van der Waals surface area contributed by atoms with Crippen LogP contribution in [0.4, 0.5) is 5.82 Å². The van der Waals surface area contributed by atoms with Gasteiger partial charge >= 0.3 is 0 Å². The molecular formula is C18H27IN6S. The summed E-state index contributed by atoms with van der Waals surface area (Å²) in [4.78, 5) is 16.9. The van der Waals surface area contributed by atoms with Gasteiger partial charge in [-0.25, -0.2) is 9.97 Å². The van der Waals surface area contributed by atoms with E-state index < -0.39 is 0 Å². The summed E-state index contributed by atoms with van der Waals surface area (Å²) in [5.74, 6) is 1.92. The van der Waals surface area contributed by atoms with Gasteiger partial charge in [0.15, 0.2) is 5.96 Å². The molecule has 0 bridgehead atoms. The van der Waals surface area contributed by atoms with Gasteiger partial charge in [-0.15, -0.1) is 35.3 Å². The van der Waals surface area contributed by atoms with Gasteiger partial charge in [0.05, 0.1) is 6.54 Å². The number of hydrogen-bond donors (Lipinski definition) is 2. The van der Waals surface area contributed by atoms with Crippen LogP contribution in [0, 0.1) is 0 Å². The highest BCUT2D eigenvalue weighted by molar-refractivity contribution is 14.0. The number of rotatable bonds is 5. The zero-order chi connectivity index (χ0) is 17.5. The molecule has 0 aliphatic carbocycles. The topological polar surface area (TPSA) is 65.4 Å². The van der Waals surface area contributed by atoms with E-state index in [9.17, 15) is 0 Å². The number of anilines is 1. The molecule has 3 rings (SSSR count). The van der Waals surface area contributed by atoms with Gasteiger partial charge in [-0.2, -0.15) is 0 Å². The van der Waals surface area contributed by atoms with E-state index in [1.807, 2.05) is 31.6 Å². The monoisotopic (exact) mass is 486 g/mol. The number of aromatic nitrogens is 2. The highest BCUT2D eigenvalue weighted by atomic mass is 127. The molecule has 3 heterocycles. The molecule has 1 aliphatic heterocycles. The summed E-state index contributed by atoms with van der Waals surface area (Å²) >= 11 is 1.76. The second-order valence-corrected chi connectivity index (χ2v) is 7.29. The molecule has 0 saturated carbocycles. The summed E-state index contributed by atoms with van der Waals surface area (Å²) in [6, 6.07) is 6.52. The largest absolute Gasteiger partial charge is 0.356 e. The third kappa shape index (κ3) is 5.80. The predicted molar refractivity (Wildman–Crippen MR) is 120 cm³/mol. The van der Waals surface area contributed by atoms with Crippen molar-refractivity contribution in [3.05, 3.63) is 40.5 Å². The summed E-state index contributed by atoms with van der Waals surface area (Å²) in [7, 11) is 1.82. The van der Waals surface area contributed by atoms with Crippen LogP contribution in [0.3, 0.4) is 0 Å². The fraction of sp³-hybridized carbons (Fsp3) is 0.500. The number of hydrogen-bond acceptors (Lipinski definition) is 5. The summed E-state index contributed by atoms with van der Waals surface area (Å²) in [6.07, 6.45) is 7.02. The molecule has 142 valence electrons. The molecule has 2 aromatic rings. The molecule has 0 unspecified atom stereocenters. The second kappa shape index (κ2) is 10.7. The Balaban J connectivity index is 0.00000243. The van der Waals surface area contributed by atoms with E-state index in [0.29, 0.717) is 6.04 Å². The average Bonchev–Trinajstić information content (AvgIpc) is 3.14. The predicted octanol–water partition coefficient (Wildman–Crippen LogP) is 3.05. The zero-order valence-electron chi connectivity index (χ0n) is 15.3. The average molecular weight is 486 g/mol. The molecule has 1 aliphatic rings. The van der Waals surface area contributed by atoms with Crippen LogP contribution in [0.2, 0.25) is 0 Å². The lowest BCUT2D eigenvalue weighted by molar-refractivity contribution is 0.459. The molecule has 26 heavy (non-hydrogen) atoms. The number of halogens is 1. The van der Waals surface area contributed by atoms with Crippen LogP contribution < -0.4 is 15.5 Å².